The molecular formula is C16H24N4S2. The second-order valence-electron chi connectivity index (χ2n) is 3.86. The summed E-state index contributed by atoms with van der Waals surface area (Å²) in [4.78, 5) is 13.5. The molecule has 22 heavy (non-hydrogen) atoms. The number of allylic oxidation sites excluding steroid dienone is 3. The molecule has 1 rings (SSSR count). The maximum atomic E-state index is 4.43. The van der Waals surface area contributed by atoms with Crippen LogP contribution in [-0.2, 0) is 0 Å². The first-order valence-electron chi connectivity index (χ1n) is 6.89. The average molecular weight is 337 g/mol. The van der Waals surface area contributed by atoms with Crippen LogP contribution in [0.25, 0.3) is 5.57 Å². The summed E-state index contributed by atoms with van der Waals surface area (Å²) < 4.78 is 2.73. The summed E-state index contributed by atoms with van der Waals surface area (Å²) in [5.74, 6) is 1.32. The van der Waals surface area contributed by atoms with E-state index in [-0.39, 0.29) is 0 Å². The number of nitrogens with zero attached hydrogens (tertiary/aromatic N) is 3. The lowest BCUT2D eigenvalue weighted by Crippen LogP contribution is -1.98. The third kappa shape index (κ3) is 6.07. The predicted octanol–water partition coefficient (Wildman–Crippen LogP) is 4.93. The largest absolute Gasteiger partial charge is 0.317 e. The molecule has 0 unspecified atom stereocenters. The highest BCUT2D eigenvalue weighted by Gasteiger charge is 2.07. The second kappa shape index (κ2) is 11.1. The molecule has 6 heteroatoms. The number of thiol groups is 1. The van der Waals surface area contributed by atoms with Gasteiger partial charge in [0.05, 0.1) is 11.4 Å². The molecule has 0 spiro atoms. The van der Waals surface area contributed by atoms with Crippen LogP contribution in [0.15, 0.2) is 40.4 Å². The van der Waals surface area contributed by atoms with Gasteiger partial charge in [0.25, 0.3) is 0 Å². The fraction of sp³-hybridized carbons (Fsp3) is 0.312. The Balaban J connectivity index is 0.00000211. The highest BCUT2D eigenvalue weighted by Crippen LogP contribution is 2.25. The van der Waals surface area contributed by atoms with E-state index < -0.39 is 0 Å². The molecule has 1 N–H and O–H groups in total. The van der Waals surface area contributed by atoms with Gasteiger partial charge in [-0.05, 0) is 38.5 Å². The van der Waals surface area contributed by atoms with Crippen LogP contribution in [0, 0.1) is 6.92 Å². The Hall–Kier alpha value is -1.53. The van der Waals surface area contributed by atoms with E-state index >= 15 is 0 Å². The molecule has 0 fully saturated rings. The van der Waals surface area contributed by atoms with E-state index in [0.717, 1.165) is 21.9 Å². The van der Waals surface area contributed by atoms with E-state index in [2.05, 4.69) is 45.8 Å². The smallest absolute Gasteiger partial charge is 0.139 e. The van der Waals surface area contributed by atoms with Crippen molar-refractivity contribution in [2.75, 3.05) is 11.0 Å². The Morgan fingerprint density at radius 3 is 2.50 bits per heavy atom. The zero-order valence-corrected chi connectivity index (χ0v) is 15.6. The monoisotopic (exact) mass is 336 g/mol. The molecule has 0 amide bonds. The first kappa shape index (κ1) is 20.5. The van der Waals surface area contributed by atoms with Gasteiger partial charge in [-0.3, -0.25) is 4.99 Å². The van der Waals surface area contributed by atoms with Crippen molar-refractivity contribution in [1.82, 2.24) is 9.97 Å². The standard InChI is InChI=1S/C14H18N4S2.C2H6/c1-6-11(7-12(15-4)9(2)20-5)13-8-14(18-19)17-10(3)16-13;1-2/h6-8,19H,2,4H2,1,3,5H3,(H,16,17,18);1-2H3/b11-6+,12-7+;. The number of aliphatic imine (C=N–C) groups is 1. The Morgan fingerprint density at radius 2 is 2.05 bits per heavy atom. The fourth-order valence-corrected chi connectivity index (χ4v) is 1.99. The minimum atomic E-state index is 0.653. The lowest BCUT2D eigenvalue weighted by molar-refractivity contribution is 1.05. The summed E-state index contributed by atoms with van der Waals surface area (Å²) in [6.45, 7) is 15.3. The molecule has 0 atom stereocenters. The third-order valence-corrected chi connectivity index (χ3v) is 3.48. The maximum absolute atomic E-state index is 4.43. The van der Waals surface area contributed by atoms with Gasteiger partial charge in [0.1, 0.15) is 11.6 Å². The number of anilines is 1. The van der Waals surface area contributed by atoms with Crippen molar-refractivity contribution in [2.24, 2.45) is 4.99 Å². The Kier molecular flexibility index (Phi) is 10.3. The van der Waals surface area contributed by atoms with E-state index in [0.29, 0.717) is 11.6 Å². The van der Waals surface area contributed by atoms with Crippen molar-refractivity contribution in [1.29, 1.82) is 0 Å². The topological polar surface area (TPSA) is 50.2 Å². The van der Waals surface area contributed by atoms with Crippen molar-refractivity contribution in [3.05, 3.63) is 46.9 Å². The minimum absolute atomic E-state index is 0.653. The van der Waals surface area contributed by atoms with Crippen LogP contribution in [0.2, 0.25) is 0 Å². The van der Waals surface area contributed by atoms with Gasteiger partial charge in [0.2, 0.25) is 0 Å². The van der Waals surface area contributed by atoms with Crippen LogP contribution in [0.3, 0.4) is 0 Å². The molecule has 0 aliphatic carbocycles. The minimum Gasteiger partial charge on any atom is -0.317 e. The van der Waals surface area contributed by atoms with Crippen molar-refractivity contribution in [3.63, 3.8) is 0 Å². The predicted molar refractivity (Wildman–Crippen MR) is 105 cm³/mol. The highest BCUT2D eigenvalue weighted by atomic mass is 32.2. The molecule has 0 bridgehead atoms. The molecule has 0 radical (unpaired) electrons. The van der Waals surface area contributed by atoms with Crippen LogP contribution in [0.4, 0.5) is 5.82 Å². The van der Waals surface area contributed by atoms with Crippen LogP contribution >= 0.6 is 24.6 Å². The van der Waals surface area contributed by atoms with Crippen molar-refractivity contribution in [2.45, 2.75) is 27.7 Å². The van der Waals surface area contributed by atoms with Gasteiger partial charge < -0.3 is 4.72 Å². The van der Waals surface area contributed by atoms with E-state index in [1.807, 2.05) is 52.2 Å². The van der Waals surface area contributed by atoms with Crippen LogP contribution in [0.1, 0.15) is 32.3 Å². The molecule has 120 valence electrons. The van der Waals surface area contributed by atoms with Crippen molar-refractivity contribution < 1.29 is 0 Å². The lowest BCUT2D eigenvalue weighted by Gasteiger charge is -2.08. The SMILES string of the molecule is C=N/C(=C/C(=C\C)c1cc(NS)nc(C)n1)C(=C)SC.CC. The highest BCUT2D eigenvalue weighted by molar-refractivity contribution is 8.02. The zero-order valence-electron chi connectivity index (χ0n) is 13.8. The van der Waals surface area contributed by atoms with Crippen molar-refractivity contribution >= 4 is 42.7 Å². The van der Waals surface area contributed by atoms with E-state index in [1.54, 1.807) is 0 Å². The number of aryl methyl sites for hydroxylation is 1. The van der Waals surface area contributed by atoms with Gasteiger partial charge in [-0.2, -0.15) is 0 Å². The molecule has 0 aliphatic heterocycles. The first-order chi connectivity index (χ1) is 10.5. The average Bonchev–Trinajstić information content (AvgIpc) is 2.56. The molecule has 4 nitrogen and oxygen atoms in total. The number of rotatable bonds is 6. The molecule has 1 aromatic rings. The van der Waals surface area contributed by atoms with Gasteiger partial charge in [0, 0.05) is 11.0 Å². The number of hydrogen-bond acceptors (Lipinski definition) is 6. The molecule has 0 saturated carbocycles. The van der Waals surface area contributed by atoms with Crippen molar-refractivity contribution in [3.8, 4) is 0 Å². The number of hydrogen-bond donors (Lipinski definition) is 2. The molecule has 0 saturated heterocycles. The summed E-state index contributed by atoms with van der Waals surface area (Å²) in [5.41, 5.74) is 2.46. The Labute approximate surface area is 143 Å². The van der Waals surface area contributed by atoms with Gasteiger partial charge in [-0.25, -0.2) is 9.97 Å². The summed E-state index contributed by atoms with van der Waals surface area (Å²) >= 11 is 5.55. The second-order valence-corrected chi connectivity index (χ2v) is 4.98. The quantitative estimate of drug-likeness (QED) is 0.439. The summed E-state index contributed by atoms with van der Waals surface area (Å²) in [6.07, 6.45) is 5.83. The Bertz CT molecular complexity index is 578. The van der Waals surface area contributed by atoms with Crippen LogP contribution < -0.4 is 4.72 Å². The van der Waals surface area contributed by atoms with E-state index in [1.165, 1.54) is 11.8 Å². The number of nitrogens with one attached hydrogen (secondary N) is 1. The van der Waals surface area contributed by atoms with E-state index in [9.17, 15) is 0 Å². The normalized spacial score (nSPS) is 11.4. The zero-order chi connectivity index (χ0) is 17.1. The third-order valence-electron chi connectivity index (χ3n) is 2.55. The van der Waals surface area contributed by atoms with Gasteiger partial charge in [0.15, 0.2) is 0 Å². The number of thioether (sulfide) groups is 1. The van der Waals surface area contributed by atoms with Crippen LogP contribution in [0.5, 0.6) is 0 Å². The van der Waals surface area contributed by atoms with Crippen LogP contribution in [-0.4, -0.2) is 22.9 Å². The molecule has 1 heterocycles. The van der Waals surface area contributed by atoms with Gasteiger partial charge >= 0.3 is 0 Å². The summed E-state index contributed by atoms with van der Waals surface area (Å²) in [6, 6.07) is 1.83. The summed E-state index contributed by atoms with van der Waals surface area (Å²) in [5, 5.41) is 0. The molecular weight excluding hydrogens is 312 g/mol. The molecule has 1 aromatic heterocycles. The van der Waals surface area contributed by atoms with Gasteiger partial charge in [-0.1, -0.05) is 39.3 Å². The molecule has 0 aliphatic rings. The summed E-state index contributed by atoms with van der Waals surface area (Å²) in [7, 11) is 0. The maximum Gasteiger partial charge on any atom is 0.139 e. The lowest BCUT2D eigenvalue weighted by atomic mass is 10.1. The Morgan fingerprint density at radius 1 is 1.41 bits per heavy atom. The first-order valence-corrected chi connectivity index (χ1v) is 8.57. The molecule has 0 aromatic carbocycles. The van der Waals surface area contributed by atoms with Gasteiger partial charge in [-0.15, -0.1) is 11.8 Å². The van der Waals surface area contributed by atoms with E-state index in [4.69, 9.17) is 0 Å². The fourth-order valence-electron chi connectivity index (χ4n) is 1.54. The number of aromatic nitrogens is 2.